The van der Waals surface area contributed by atoms with Gasteiger partial charge in [0.1, 0.15) is 12.4 Å². The molecule has 0 bridgehead atoms. The first-order chi connectivity index (χ1) is 10.9. The minimum Gasteiger partial charge on any atom is -0.486 e. The topological polar surface area (TPSA) is 60.3 Å². The molecule has 0 unspecified atom stereocenters. The van der Waals surface area contributed by atoms with Crippen LogP contribution in [0.2, 0.25) is 5.02 Å². The Morgan fingerprint density at radius 3 is 2.61 bits per heavy atom. The Labute approximate surface area is 144 Å². The molecule has 0 N–H and O–H groups in total. The summed E-state index contributed by atoms with van der Waals surface area (Å²) in [5, 5.41) is 9.37. The van der Waals surface area contributed by atoms with Crippen molar-refractivity contribution in [3.05, 3.63) is 35.1 Å². The number of halogens is 1. The van der Waals surface area contributed by atoms with Crippen molar-refractivity contribution in [2.75, 3.05) is 14.1 Å². The monoisotopic (exact) mass is 354 g/mol. The lowest BCUT2D eigenvalue weighted by Crippen LogP contribution is -2.29. The Balaban J connectivity index is 1.98. The third-order valence-electron chi connectivity index (χ3n) is 3.18. The van der Waals surface area contributed by atoms with Crippen molar-refractivity contribution >= 4 is 29.3 Å². The molecule has 6 nitrogen and oxygen atoms in total. The molecule has 2 rings (SSSR count). The summed E-state index contributed by atoms with van der Waals surface area (Å²) < 4.78 is 7.50. The summed E-state index contributed by atoms with van der Waals surface area (Å²) >= 11 is 7.21. The van der Waals surface area contributed by atoms with Crippen LogP contribution in [-0.2, 0) is 18.4 Å². The minimum absolute atomic E-state index is 0.0389. The predicted molar refractivity (Wildman–Crippen MR) is 90.8 cm³/mol. The molecular weight excluding hydrogens is 336 g/mol. The van der Waals surface area contributed by atoms with Gasteiger partial charge >= 0.3 is 0 Å². The van der Waals surface area contributed by atoms with E-state index in [4.69, 9.17) is 16.3 Å². The highest BCUT2D eigenvalue weighted by molar-refractivity contribution is 8.00. The zero-order valence-electron chi connectivity index (χ0n) is 13.5. The van der Waals surface area contributed by atoms with E-state index in [2.05, 4.69) is 10.2 Å². The van der Waals surface area contributed by atoms with Crippen molar-refractivity contribution in [3.63, 3.8) is 0 Å². The fourth-order valence-corrected chi connectivity index (χ4v) is 2.93. The van der Waals surface area contributed by atoms with E-state index < -0.39 is 0 Å². The largest absolute Gasteiger partial charge is 0.486 e. The Morgan fingerprint density at radius 2 is 2.00 bits per heavy atom. The van der Waals surface area contributed by atoms with Gasteiger partial charge in [-0.1, -0.05) is 23.4 Å². The van der Waals surface area contributed by atoms with Crippen molar-refractivity contribution in [3.8, 4) is 5.75 Å². The zero-order valence-corrected chi connectivity index (χ0v) is 15.1. The Kier molecular flexibility index (Phi) is 5.90. The van der Waals surface area contributed by atoms with Gasteiger partial charge in [0.15, 0.2) is 11.0 Å². The average molecular weight is 355 g/mol. The standard InChI is InChI=1S/C15H19ClN4O2S/c1-10(14(21)19(2)3)23-15-18-17-13(20(15)4)9-22-12-7-5-11(16)6-8-12/h5-8,10H,9H2,1-4H3/t10-/m0/s1. The average Bonchev–Trinajstić information content (AvgIpc) is 2.86. The Hall–Kier alpha value is -1.73. The van der Waals surface area contributed by atoms with Crippen LogP contribution in [0.1, 0.15) is 12.7 Å². The quantitative estimate of drug-likeness (QED) is 0.746. The summed E-state index contributed by atoms with van der Waals surface area (Å²) in [5.74, 6) is 1.44. The molecule has 2 aromatic rings. The molecule has 124 valence electrons. The summed E-state index contributed by atoms with van der Waals surface area (Å²) in [7, 11) is 5.33. The van der Waals surface area contributed by atoms with E-state index in [0.717, 1.165) is 0 Å². The number of aromatic nitrogens is 3. The lowest BCUT2D eigenvalue weighted by Gasteiger charge is -2.15. The van der Waals surface area contributed by atoms with Crippen molar-refractivity contribution in [1.29, 1.82) is 0 Å². The number of thioether (sulfide) groups is 1. The van der Waals surface area contributed by atoms with E-state index in [-0.39, 0.29) is 11.2 Å². The molecule has 0 aliphatic rings. The number of benzene rings is 1. The van der Waals surface area contributed by atoms with Gasteiger partial charge in [0.25, 0.3) is 0 Å². The number of hydrogen-bond donors (Lipinski definition) is 0. The number of nitrogens with zero attached hydrogens (tertiary/aromatic N) is 4. The van der Waals surface area contributed by atoms with Crippen LogP contribution in [0.25, 0.3) is 0 Å². The van der Waals surface area contributed by atoms with Crippen molar-refractivity contribution < 1.29 is 9.53 Å². The summed E-state index contributed by atoms with van der Waals surface area (Å²) in [6.07, 6.45) is 0. The number of rotatable bonds is 6. The predicted octanol–water partition coefficient (Wildman–Crippen LogP) is 2.62. The van der Waals surface area contributed by atoms with Crippen LogP contribution < -0.4 is 4.74 Å². The van der Waals surface area contributed by atoms with Crippen molar-refractivity contribution in [1.82, 2.24) is 19.7 Å². The maximum absolute atomic E-state index is 11.9. The van der Waals surface area contributed by atoms with E-state index in [9.17, 15) is 4.79 Å². The fourth-order valence-electron chi connectivity index (χ4n) is 1.82. The number of carbonyl (C=O) groups is 1. The molecule has 8 heteroatoms. The maximum atomic E-state index is 11.9. The molecule has 23 heavy (non-hydrogen) atoms. The molecule has 0 saturated carbocycles. The highest BCUT2D eigenvalue weighted by Gasteiger charge is 2.20. The Bertz CT molecular complexity index is 673. The molecule has 1 heterocycles. The molecule has 0 radical (unpaired) electrons. The minimum atomic E-state index is -0.224. The highest BCUT2D eigenvalue weighted by atomic mass is 35.5. The summed E-state index contributed by atoms with van der Waals surface area (Å²) in [4.78, 5) is 13.5. The molecule has 1 aromatic heterocycles. The first-order valence-electron chi connectivity index (χ1n) is 7.03. The van der Waals surface area contributed by atoms with Gasteiger partial charge in [0, 0.05) is 26.2 Å². The molecule has 1 atom stereocenters. The maximum Gasteiger partial charge on any atom is 0.235 e. The summed E-state index contributed by atoms with van der Waals surface area (Å²) in [5.41, 5.74) is 0. The second-order valence-corrected chi connectivity index (χ2v) is 6.94. The van der Waals surface area contributed by atoms with Gasteiger partial charge in [-0.2, -0.15) is 0 Å². The number of carbonyl (C=O) groups excluding carboxylic acids is 1. The SMILES string of the molecule is C[C@H](Sc1nnc(COc2ccc(Cl)cc2)n1C)C(=O)N(C)C. The molecular formula is C15H19ClN4O2S. The molecule has 0 fully saturated rings. The molecule has 1 amide bonds. The third kappa shape index (κ3) is 4.62. The van der Waals surface area contributed by atoms with Crippen LogP contribution in [0.4, 0.5) is 0 Å². The summed E-state index contributed by atoms with van der Waals surface area (Å²) in [6, 6.07) is 7.13. The number of amides is 1. The molecule has 1 aromatic carbocycles. The van der Waals surface area contributed by atoms with Crippen LogP contribution in [-0.4, -0.2) is 44.9 Å². The number of hydrogen-bond acceptors (Lipinski definition) is 5. The van der Waals surface area contributed by atoms with Crippen LogP contribution in [0, 0.1) is 0 Å². The normalized spacial score (nSPS) is 12.0. The van der Waals surface area contributed by atoms with E-state index in [1.807, 2.05) is 18.5 Å². The molecule has 0 spiro atoms. The summed E-state index contributed by atoms with van der Waals surface area (Å²) in [6.45, 7) is 2.15. The smallest absolute Gasteiger partial charge is 0.235 e. The van der Waals surface area contributed by atoms with Crippen molar-refractivity contribution in [2.45, 2.75) is 23.9 Å². The lowest BCUT2D eigenvalue weighted by molar-refractivity contribution is -0.127. The first kappa shape index (κ1) is 17.6. The second-order valence-electron chi connectivity index (χ2n) is 5.19. The van der Waals surface area contributed by atoms with Crippen LogP contribution in [0.15, 0.2) is 29.4 Å². The van der Waals surface area contributed by atoms with E-state index in [0.29, 0.717) is 28.4 Å². The van der Waals surface area contributed by atoms with Crippen LogP contribution >= 0.6 is 23.4 Å². The highest BCUT2D eigenvalue weighted by Crippen LogP contribution is 2.23. The molecule has 0 saturated heterocycles. The van der Waals surface area contributed by atoms with Gasteiger partial charge in [-0.05, 0) is 31.2 Å². The number of ether oxygens (including phenoxy) is 1. The van der Waals surface area contributed by atoms with Gasteiger partial charge in [-0.25, -0.2) is 0 Å². The Morgan fingerprint density at radius 1 is 1.35 bits per heavy atom. The zero-order chi connectivity index (χ0) is 17.0. The van der Waals surface area contributed by atoms with Crippen LogP contribution in [0.3, 0.4) is 0 Å². The van der Waals surface area contributed by atoms with Crippen molar-refractivity contribution in [2.24, 2.45) is 7.05 Å². The van der Waals surface area contributed by atoms with E-state index in [1.165, 1.54) is 11.8 Å². The van der Waals surface area contributed by atoms with Gasteiger partial charge in [0.2, 0.25) is 5.91 Å². The van der Waals surface area contributed by atoms with Gasteiger partial charge < -0.3 is 14.2 Å². The van der Waals surface area contributed by atoms with E-state index in [1.54, 1.807) is 43.3 Å². The van der Waals surface area contributed by atoms with Gasteiger partial charge in [-0.15, -0.1) is 10.2 Å². The lowest BCUT2D eigenvalue weighted by atomic mass is 10.3. The first-order valence-corrected chi connectivity index (χ1v) is 8.28. The van der Waals surface area contributed by atoms with E-state index >= 15 is 0 Å². The fraction of sp³-hybridized carbons (Fsp3) is 0.400. The van der Waals surface area contributed by atoms with Gasteiger partial charge in [0.05, 0.1) is 5.25 Å². The third-order valence-corrected chi connectivity index (χ3v) is 4.55. The molecule has 0 aliphatic heterocycles. The molecule has 0 aliphatic carbocycles. The van der Waals surface area contributed by atoms with Crippen LogP contribution in [0.5, 0.6) is 5.75 Å². The second kappa shape index (κ2) is 7.70. The van der Waals surface area contributed by atoms with Gasteiger partial charge in [-0.3, -0.25) is 4.79 Å².